The van der Waals surface area contributed by atoms with Gasteiger partial charge in [-0.25, -0.2) is 0 Å². The van der Waals surface area contributed by atoms with Gasteiger partial charge in [0.15, 0.2) is 0 Å². The number of rotatable bonds is 0. The van der Waals surface area contributed by atoms with Crippen LogP contribution in [-0.4, -0.2) is 11.6 Å². The maximum atomic E-state index is 12.2. The second-order valence-corrected chi connectivity index (χ2v) is 5.77. The quantitative estimate of drug-likeness (QED) is 0.686. The summed E-state index contributed by atoms with van der Waals surface area (Å²) in [5.74, 6) is -0.823. The fraction of sp³-hybridized carbons (Fsp3) is 0.125. The van der Waals surface area contributed by atoms with E-state index in [0.29, 0.717) is 11.1 Å². The van der Waals surface area contributed by atoms with Gasteiger partial charge in [-0.3, -0.25) is 9.59 Å². The third-order valence-corrected chi connectivity index (χ3v) is 3.92. The van der Waals surface area contributed by atoms with Gasteiger partial charge in [-0.2, -0.15) is 0 Å². The highest BCUT2D eigenvalue weighted by molar-refractivity contribution is 9.10. The Morgan fingerprint density at radius 1 is 0.842 bits per heavy atom. The number of aryl methyl sites for hydroxylation is 2. The molecule has 0 aliphatic heterocycles. The van der Waals surface area contributed by atoms with Gasteiger partial charge in [-0.05, 0) is 54.8 Å². The van der Waals surface area contributed by atoms with E-state index >= 15 is 0 Å². The molecular formula is C16H11BrO2. The topological polar surface area (TPSA) is 34.1 Å². The van der Waals surface area contributed by atoms with Gasteiger partial charge in [0.05, 0.1) is 0 Å². The van der Waals surface area contributed by atoms with Crippen molar-refractivity contribution in [2.24, 2.45) is 0 Å². The van der Waals surface area contributed by atoms with Gasteiger partial charge < -0.3 is 0 Å². The summed E-state index contributed by atoms with van der Waals surface area (Å²) in [6.07, 6.45) is 0. The number of hydrogen-bond acceptors (Lipinski definition) is 2. The lowest BCUT2D eigenvalue weighted by Gasteiger charge is -2.20. The average Bonchev–Trinajstić information content (AvgIpc) is 2.35. The van der Waals surface area contributed by atoms with E-state index in [0.717, 1.165) is 26.7 Å². The summed E-state index contributed by atoms with van der Waals surface area (Å²) < 4.78 is 0.902. The van der Waals surface area contributed by atoms with Crippen LogP contribution in [0, 0.1) is 13.8 Å². The van der Waals surface area contributed by atoms with E-state index in [4.69, 9.17) is 0 Å². The molecule has 3 heteroatoms. The summed E-state index contributed by atoms with van der Waals surface area (Å²) in [5, 5.41) is 0. The zero-order valence-electron chi connectivity index (χ0n) is 10.6. The molecule has 0 bridgehead atoms. The van der Waals surface area contributed by atoms with Crippen LogP contribution in [0.2, 0.25) is 0 Å². The second kappa shape index (κ2) is 4.14. The Morgan fingerprint density at radius 3 is 2.26 bits per heavy atom. The standard InChI is InChI=1S/C16H11BrO2/c1-8-5-9(2)14-12-7-10(17)3-4-11(12)15(18)16(19)13(14)6-8/h3-7H,1-2H3. The number of halogens is 1. The molecule has 0 radical (unpaired) electrons. The summed E-state index contributed by atoms with van der Waals surface area (Å²) in [5.41, 5.74) is 4.75. The van der Waals surface area contributed by atoms with Crippen LogP contribution in [0.15, 0.2) is 34.8 Å². The zero-order valence-corrected chi connectivity index (χ0v) is 12.2. The molecule has 2 aromatic carbocycles. The Bertz CT molecular complexity index is 745. The third-order valence-electron chi connectivity index (χ3n) is 3.43. The minimum absolute atomic E-state index is 0.406. The van der Waals surface area contributed by atoms with Crippen LogP contribution in [0.1, 0.15) is 31.8 Å². The van der Waals surface area contributed by atoms with Crippen LogP contribution in [0.3, 0.4) is 0 Å². The molecular weight excluding hydrogens is 304 g/mol. The minimum Gasteiger partial charge on any atom is -0.285 e. The van der Waals surface area contributed by atoms with Crippen molar-refractivity contribution < 1.29 is 9.59 Å². The first kappa shape index (κ1) is 12.3. The highest BCUT2D eigenvalue weighted by Gasteiger charge is 2.31. The van der Waals surface area contributed by atoms with Crippen molar-refractivity contribution in [2.75, 3.05) is 0 Å². The van der Waals surface area contributed by atoms with Crippen LogP contribution in [0.5, 0.6) is 0 Å². The summed E-state index contributed by atoms with van der Waals surface area (Å²) in [4.78, 5) is 24.4. The molecule has 0 amide bonds. The van der Waals surface area contributed by atoms with E-state index in [1.807, 2.05) is 26.0 Å². The summed E-state index contributed by atoms with van der Waals surface area (Å²) in [7, 11) is 0. The van der Waals surface area contributed by atoms with Gasteiger partial charge in [-0.1, -0.05) is 27.6 Å². The molecule has 0 saturated heterocycles. The number of carbonyl (C=O) groups is 2. The van der Waals surface area contributed by atoms with Crippen molar-refractivity contribution in [3.8, 4) is 11.1 Å². The molecule has 2 aromatic rings. The maximum absolute atomic E-state index is 12.2. The van der Waals surface area contributed by atoms with Crippen LogP contribution in [0.25, 0.3) is 11.1 Å². The number of carbonyl (C=O) groups excluding carboxylic acids is 2. The summed E-state index contributed by atoms with van der Waals surface area (Å²) in [6, 6.07) is 9.24. The molecule has 94 valence electrons. The van der Waals surface area contributed by atoms with Crippen LogP contribution in [-0.2, 0) is 0 Å². The van der Waals surface area contributed by atoms with Gasteiger partial charge in [0, 0.05) is 15.6 Å². The summed E-state index contributed by atoms with van der Waals surface area (Å²) >= 11 is 3.42. The van der Waals surface area contributed by atoms with Crippen LogP contribution >= 0.6 is 15.9 Å². The molecule has 0 atom stereocenters. The lowest BCUT2D eigenvalue weighted by molar-refractivity contribution is 0.0815. The fourth-order valence-electron chi connectivity index (χ4n) is 2.67. The molecule has 19 heavy (non-hydrogen) atoms. The Morgan fingerprint density at radius 2 is 1.53 bits per heavy atom. The van der Waals surface area contributed by atoms with E-state index < -0.39 is 11.6 Å². The minimum atomic E-state index is -0.417. The largest absolute Gasteiger partial charge is 0.285 e. The molecule has 0 unspecified atom stereocenters. The lowest BCUT2D eigenvalue weighted by atomic mass is 9.81. The van der Waals surface area contributed by atoms with Crippen molar-refractivity contribution in [1.29, 1.82) is 0 Å². The highest BCUT2D eigenvalue weighted by atomic mass is 79.9. The molecule has 0 fully saturated rings. The highest BCUT2D eigenvalue weighted by Crippen LogP contribution is 2.37. The first-order chi connectivity index (χ1) is 8.99. The smallest absolute Gasteiger partial charge is 0.234 e. The maximum Gasteiger partial charge on any atom is 0.234 e. The van der Waals surface area contributed by atoms with Crippen molar-refractivity contribution in [3.05, 3.63) is 57.1 Å². The van der Waals surface area contributed by atoms with Crippen molar-refractivity contribution in [2.45, 2.75) is 13.8 Å². The normalized spacial score (nSPS) is 13.2. The van der Waals surface area contributed by atoms with E-state index in [2.05, 4.69) is 15.9 Å². The van der Waals surface area contributed by atoms with Crippen LogP contribution < -0.4 is 0 Å². The fourth-order valence-corrected chi connectivity index (χ4v) is 3.03. The van der Waals surface area contributed by atoms with Gasteiger partial charge >= 0.3 is 0 Å². The van der Waals surface area contributed by atoms with Crippen molar-refractivity contribution >= 4 is 27.5 Å². The number of ketones is 2. The monoisotopic (exact) mass is 314 g/mol. The molecule has 0 heterocycles. The van der Waals surface area contributed by atoms with Gasteiger partial charge in [0.1, 0.15) is 0 Å². The SMILES string of the molecule is Cc1cc(C)c2c(c1)C(=O)C(=O)c1ccc(Br)cc1-2. The molecule has 3 rings (SSSR count). The summed E-state index contributed by atoms with van der Waals surface area (Å²) in [6.45, 7) is 3.90. The third kappa shape index (κ3) is 1.77. The second-order valence-electron chi connectivity index (χ2n) is 4.85. The number of benzene rings is 2. The van der Waals surface area contributed by atoms with Crippen molar-refractivity contribution in [3.63, 3.8) is 0 Å². The molecule has 0 N–H and O–H groups in total. The van der Waals surface area contributed by atoms with Gasteiger partial charge in [-0.15, -0.1) is 0 Å². The molecule has 2 nitrogen and oxygen atoms in total. The zero-order chi connectivity index (χ0) is 13.7. The van der Waals surface area contributed by atoms with E-state index in [-0.39, 0.29) is 0 Å². The lowest BCUT2D eigenvalue weighted by Crippen LogP contribution is -2.22. The Balaban J connectivity index is 2.45. The number of hydrogen-bond donors (Lipinski definition) is 0. The molecule has 0 saturated carbocycles. The number of Topliss-reactive ketones (excluding diaryl/α,β-unsaturated/α-hetero) is 2. The average molecular weight is 315 g/mol. The number of fused-ring (bicyclic) bond motifs is 3. The predicted octanol–water partition coefficient (Wildman–Crippen LogP) is 4.11. The first-order valence-electron chi connectivity index (χ1n) is 5.99. The first-order valence-corrected chi connectivity index (χ1v) is 6.78. The molecule has 1 aliphatic rings. The van der Waals surface area contributed by atoms with E-state index in [9.17, 15) is 9.59 Å². The van der Waals surface area contributed by atoms with Gasteiger partial charge in [0.25, 0.3) is 0 Å². The van der Waals surface area contributed by atoms with E-state index in [1.165, 1.54) is 0 Å². The van der Waals surface area contributed by atoms with Crippen LogP contribution in [0.4, 0.5) is 0 Å². The van der Waals surface area contributed by atoms with Gasteiger partial charge in [0.2, 0.25) is 11.6 Å². The predicted molar refractivity (Wildman–Crippen MR) is 77.7 cm³/mol. The molecule has 0 aromatic heterocycles. The van der Waals surface area contributed by atoms with E-state index in [1.54, 1.807) is 18.2 Å². The Kier molecular flexibility index (Phi) is 2.68. The Hall–Kier alpha value is -1.74. The van der Waals surface area contributed by atoms with Crippen molar-refractivity contribution in [1.82, 2.24) is 0 Å². The Labute approximate surface area is 119 Å². The molecule has 1 aliphatic carbocycles. The molecule has 0 spiro atoms.